The second-order valence-electron chi connectivity index (χ2n) is 8.51. The number of hydrogen-bond donors (Lipinski definition) is 0. The van der Waals surface area contributed by atoms with Crippen molar-refractivity contribution >= 4 is 17.9 Å². The molecular weight excluding hydrogens is 362 g/mol. The van der Waals surface area contributed by atoms with Crippen molar-refractivity contribution in [1.82, 2.24) is 4.90 Å². The first-order valence-electron chi connectivity index (χ1n) is 9.12. The van der Waals surface area contributed by atoms with Gasteiger partial charge < -0.3 is 14.2 Å². The molecule has 1 aromatic carbocycles. The minimum Gasteiger partial charge on any atom is -0.465 e. The zero-order valence-electron chi connectivity index (χ0n) is 17.8. The summed E-state index contributed by atoms with van der Waals surface area (Å²) >= 11 is 0. The highest BCUT2D eigenvalue weighted by molar-refractivity contribution is 5.89. The molecule has 0 saturated carbocycles. The Balaban J connectivity index is 2.88. The number of methoxy groups -OCH3 is 1. The van der Waals surface area contributed by atoms with Gasteiger partial charge in [-0.1, -0.05) is 12.1 Å². The number of benzene rings is 1. The third kappa shape index (κ3) is 9.50. The van der Waals surface area contributed by atoms with Gasteiger partial charge in [-0.15, -0.1) is 0 Å². The Bertz CT molecular complexity index is 652. The van der Waals surface area contributed by atoms with Gasteiger partial charge in [-0.3, -0.25) is 14.5 Å². The van der Waals surface area contributed by atoms with E-state index >= 15 is 0 Å². The molecule has 0 spiro atoms. The zero-order chi connectivity index (χ0) is 21.5. The number of ether oxygens (including phenoxy) is 3. The van der Waals surface area contributed by atoms with Crippen LogP contribution in [0.25, 0.3) is 0 Å². The highest BCUT2D eigenvalue weighted by Crippen LogP contribution is 2.13. The van der Waals surface area contributed by atoms with Gasteiger partial charge in [0.15, 0.2) is 0 Å². The molecule has 0 heterocycles. The number of esters is 3. The fourth-order valence-electron chi connectivity index (χ4n) is 2.40. The summed E-state index contributed by atoms with van der Waals surface area (Å²) in [7, 11) is 1.32. The quantitative estimate of drug-likeness (QED) is 0.520. The van der Waals surface area contributed by atoms with Crippen molar-refractivity contribution in [3.63, 3.8) is 0 Å². The van der Waals surface area contributed by atoms with Gasteiger partial charge >= 0.3 is 17.9 Å². The van der Waals surface area contributed by atoms with E-state index in [0.29, 0.717) is 12.1 Å². The molecule has 0 aromatic heterocycles. The third-order valence-electron chi connectivity index (χ3n) is 3.33. The number of rotatable bonds is 7. The van der Waals surface area contributed by atoms with Crippen molar-refractivity contribution in [1.29, 1.82) is 0 Å². The molecule has 0 amide bonds. The van der Waals surface area contributed by atoms with Crippen LogP contribution in [0.2, 0.25) is 0 Å². The van der Waals surface area contributed by atoms with Gasteiger partial charge in [-0.05, 0) is 59.2 Å². The maximum atomic E-state index is 12.2. The number of nitrogens with zero attached hydrogens (tertiary/aromatic N) is 1. The SMILES string of the molecule is COC(=O)c1ccc(CN(CC(=O)OC(C)(C)C)CC(=O)OC(C)(C)C)cc1. The molecule has 0 saturated heterocycles. The van der Waals surface area contributed by atoms with E-state index in [1.165, 1.54) is 7.11 Å². The van der Waals surface area contributed by atoms with Gasteiger partial charge in [0.25, 0.3) is 0 Å². The lowest BCUT2D eigenvalue weighted by atomic mass is 10.1. The van der Waals surface area contributed by atoms with Crippen LogP contribution < -0.4 is 0 Å². The molecule has 0 aliphatic rings. The fraction of sp³-hybridized carbons (Fsp3) is 0.571. The summed E-state index contributed by atoms with van der Waals surface area (Å²) < 4.78 is 15.4. The topological polar surface area (TPSA) is 82.1 Å². The van der Waals surface area contributed by atoms with Gasteiger partial charge in [0.05, 0.1) is 25.8 Å². The van der Waals surface area contributed by atoms with Crippen molar-refractivity contribution in [3.05, 3.63) is 35.4 Å². The number of carbonyl (C=O) groups excluding carboxylic acids is 3. The second kappa shape index (κ2) is 9.68. The molecule has 0 N–H and O–H groups in total. The Hall–Kier alpha value is -2.41. The van der Waals surface area contributed by atoms with E-state index < -0.39 is 29.1 Å². The summed E-state index contributed by atoms with van der Waals surface area (Å²) in [6, 6.07) is 6.79. The predicted octanol–water partition coefficient (Wildman–Crippen LogP) is 2.96. The van der Waals surface area contributed by atoms with Crippen molar-refractivity contribution < 1.29 is 28.6 Å². The highest BCUT2D eigenvalue weighted by atomic mass is 16.6. The lowest BCUT2D eigenvalue weighted by Crippen LogP contribution is -2.39. The van der Waals surface area contributed by atoms with Gasteiger partial charge in [0.1, 0.15) is 11.2 Å². The maximum Gasteiger partial charge on any atom is 0.337 e. The molecule has 0 bridgehead atoms. The minimum atomic E-state index is -0.614. The van der Waals surface area contributed by atoms with Crippen LogP contribution in [0.1, 0.15) is 57.5 Å². The van der Waals surface area contributed by atoms with Crippen molar-refractivity contribution in [2.45, 2.75) is 59.3 Å². The van der Waals surface area contributed by atoms with E-state index in [2.05, 4.69) is 4.74 Å². The lowest BCUT2D eigenvalue weighted by molar-refractivity contribution is -0.160. The summed E-state index contributed by atoms with van der Waals surface area (Å²) in [4.78, 5) is 37.7. The first kappa shape index (κ1) is 23.6. The molecule has 1 rings (SSSR count). The van der Waals surface area contributed by atoms with E-state index in [-0.39, 0.29) is 13.1 Å². The summed E-state index contributed by atoms with van der Waals surface area (Å²) in [5, 5.41) is 0. The summed E-state index contributed by atoms with van der Waals surface area (Å²) in [5.74, 6) is -1.28. The van der Waals surface area contributed by atoms with E-state index in [1.807, 2.05) is 0 Å². The summed E-state index contributed by atoms with van der Waals surface area (Å²) in [5.41, 5.74) is 0.0325. The van der Waals surface area contributed by atoms with Gasteiger partial charge in [0.2, 0.25) is 0 Å². The Kier molecular flexibility index (Phi) is 8.17. The average molecular weight is 393 g/mol. The van der Waals surface area contributed by atoms with E-state index in [9.17, 15) is 14.4 Å². The maximum absolute atomic E-state index is 12.2. The zero-order valence-corrected chi connectivity index (χ0v) is 17.8. The molecular formula is C21H31NO6. The van der Waals surface area contributed by atoms with Gasteiger partial charge in [-0.2, -0.15) is 0 Å². The Morgan fingerprint density at radius 3 is 1.61 bits per heavy atom. The summed E-state index contributed by atoms with van der Waals surface area (Å²) in [6.07, 6.45) is 0. The molecule has 28 heavy (non-hydrogen) atoms. The van der Waals surface area contributed by atoms with E-state index in [1.54, 1.807) is 70.7 Å². The molecule has 7 nitrogen and oxygen atoms in total. The van der Waals surface area contributed by atoms with Crippen LogP contribution >= 0.6 is 0 Å². The minimum absolute atomic E-state index is 0.0603. The van der Waals surface area contributed by atoms with Gasteiger partial charge in [-0.25, -0.2) is 4.79 Å². The molecule has 0 radical (unpaired) electrons. The van der Waals surface area contributed by atoms with E-state index in [4.69, 9.17) is 9.47 Å². The number of carbonyl (C=O) groups is 3. The van der Waals surface area contributed by atoms with Crippen molar-refractivity contribution in [2.75, 3.05) is 20.2 Å². The smallest absolute Gasteiger partial charge is 0.337 e. The Morgan fingerprint density at radius 2 is 1.25 bits per heavy atom. The molecule has 0 unspecified atom stereocenters. The Labute approximate surface area is 166 Å². The molecule has 0 aliphatic heterocycles. The normalized spacial score (nSPS) is 11.9. The largest absolute Gasteiger partial charge is 0.465 e. The van der Waals surface area contributed by atoms with Crippen LogP contribution in [0.3, 0.4) is 0 Å². The number of hydrogen-bond acceptors (Lipinski definition) is 7. The van der Waals surface area contributed by atoms with Crippen molar-refractivity contribution in [2.24, 2.45) is 0 Å². The first-order chi connectivity index (χ1) is 12.8. The predicted molar refractivity (Wildman–Crippen MR) is 105 cm³/mol. The molecule has 1 aromatic rings. The van der Waals surface area contributed by atoms with Crippen molar-refractivity contribution in [3.8, 4) is 0 Å². The van der Waals surface area contributed by atoms with Crippen LogP contribution in [0, 0.1) is 0 Å². The van der Waals surface area contributed by atoms with Crippen LogP contribution in [0.4, 0.5) is 0 Å². The first-order valence-corrected chi connectivity index (χ1v) is 9.12. The molecule has 156 valence electrons. The van der Waals surface area contributed by atoms with E-state index in [0.717, 1.165) is 5.56 Å². The standard InChI is InChI=1S/C21H31NO6/c1-20(2,3)27-17(23)13-22(14-18(24)28-21(4,5)6)12-15-8-10-16(11-9-15)19(25)26-7/h8-11H,12-14H2,1-7H3. The van der Waals surface area contributed by atoms with Crippen LogP contribution in [0.5, 0.6) is 0 Å². The van der Waals surface area contributed by atoms with Crippen LogP contribution in [0.15, 0.2) is 24.3 Å². The monoisotopic (exact) mass is 393 g/mol. The molecule has 0 atom stereocenters. The van der Waals surface area contributed by atoms with Gasteiger partial charge in [0, 0.05) is 6.54 Å². The average Bonchev–Trinajstić information content (AvgIpc) is 2.50. The van der Waals surface area contributed by atoms with Crippen LogP contribution in [-0.2, 0) is 30.3 Å². The fourth-order valence-corrected chi connectivity index (χ4v) is 2.40. The molecule has 0 fully saturated rings. The second-order valence-corrected chi connectivity index (χ2v) is 8.51. The Morgan fingerprint density at radius 1 is 0.821 bits per heavy atom. The lowest BCUT2D eigenvalue weighted by Gasteiger charge is -2.26. The molecule has 0 aliphatic carbocycles. The highest BCUT2D eigenvalue weighted by Gasteiger charge is 2.23. The molecule has 7 heteroatoms. The van der Waals surface area contributed by atoms with Crippen LogP contribution in [-0.4, -0.2) is 54.2 Å². The summed E-state index contributed by atoms with van der Waals surface area (Å²) in [6.45, 7) is 10.9. The third-order valence-corrected chi connectivity index (χ3v) is 3.33.